The van der Waals surface area contributed by atoms with Crippen LogP contribution in [0.4, 0.5) is 0 Å². The summed E-state index contributed by atoms with van der Waals surface area (Å²) in [4.78, 5) is 0. The lowest BCUT2D eigenvalue weighted by molar-refractivity contribution is -0.697. The van der Waals surface area contributed by atoms with Crippen LogP contribution in [0.15, 0.2) is 30.6 Å². The van der Waals surface area contributed by atoms with Crippen molar-refractivity contribution in [3.05, 3.63) is 30.6 Å². The van der Waals surface area contributed by atoms with Crippen LogP contribution in [0.2, 0.25) is 0 Å². The van der Waals surface area contributed by atoms with Crippen LogP contribution in [-0.2, 0) is 21.1 Å². The van der Waals surface area contributed by atoms with E-state index in [2.05, 4.69) is 40.2 Å². The summed E-state index contributed by atoms with van der Waals surface area (Å²) in [5, 5.41) is 0. The number of aromatic nitrogens is 1. The van der Waals surface area contributed by atoms with Crippen LogP contribution in [0.5, 0.6) is 0 Å². The third-order valence-corrected chi connectivity index (χ3v) is 2.05. The van der Waals surface area contributed by atoms with E-state index in [1.807, 2.05) is 6.07 Å². The van der Waals surface area contributed by atoms with E-state index in [1.165, 1.54) is 13.3 Å². The summed E-state index contributed by atoms with van der Waals surface area (Å²) in [5.74, 6) is 0. The molecule has 0 spiro atoms. The molecule has 5 nitrogen and oxygen atoms in total. The van der Waals surface area contributed by atoms with Gasteiger partial charge in [-0.05, 0) is 6.92 Å². The summed E-state index contributed by atoms with van der Waals surface area (Å²) in [6, 6.07) is 6.14. The van der Waals surface area contributed by atoms with Gasteiger partial charge in [-0.1, -0.05) is 13.0 Å². The molecule has 1 aromatic heterocycles. The molecule has 1 heterocycles. The molecule has 0 radical (unpaired) electrons. The molecule has 92 valence electrons. The minimum Gasteiger partial charge on any atom is -0.726 e. The molecule has 0 aliphatic rings. The average molecular weight is 247 g/mol. The van der Waals surface area contributed by atoms with Crippen molar-refractivity contribution in [2.45, 2.75) is 26.8 Å². The molecule has 0 N–H and O–H groups in total. The van der Waals surface area contributed by atoms with Gasteiger partial charge in [0.25, 0.3) is 0 Å². The lowest BCUT2D eigenvalue weighted by Crippen LogP contribution is -2.31. The molecule has 0 bridgehead atoms. The Balaban J connectivity index is 0.000000293. The zero-order chi connectivity index (χ0) is 12.4. The molecule has 0 aliphatic heterocycles. The summed E-state index contributed by atoms with van der Waals surface area (Å²) >= 11 is 0. The van der Waals surface area contributed by atoms with E-state index in [9.17, 15) is 13.0 Å². The van der Waals surface area contributed by atoms with Gasteiger partial charge in [0.15, 0.2) is 12.4 Å². The molecule has 0 aromatic carbocycles. The van der Waals surface area contributed by atoms with Gasteiger partial charge in [-0.25, -0.2) is 13.0 Å². The van der Waals surface area contributed by atoms with Gasteiger partial charge < -0.3 is 4.55 Å². The third-order valence-electron chi connectivity index (χ3n) is 1.52. The van der Waals surface area contributed by atoms with Gasteiger partial charge in [-0.2, -0.15) is 0 Å². The van der Waals surface area contributed by atoms with Crippen molar-refractivity contribution in [3.8, 4) is 0 Å². The highest BCUT2D eigenvalue weighted by Crippen LogP contribution is 1.81. The van der Waals surface area contributed by atoms with Gasteiger partial charge in [-0.15, -0.1) is 0 Å². The Labute approximate surface area is 96.6 Å². The molecule has 1 aromatic rings. The van der Waals surface area contributed by atoms with Crippen molar-refractivity contribution in [2.75, 3.05) is 6.61 Å². The van der Waals surface area contributed by atoms with Crippen LogP contribution >= 0.6 is 0 Å². The largest absolute Gasteiger partial charge is 0.726 e. The number of hydrogen-bond acceptors (Lipinski definition) is 4. The Kier molecular flexibility index (Phi) is 7.70. The van der Waals surface area contributed by atoms with E-state index in [4.69, 9.17) is 0 Å². The standard InChI is InChI=1S/C8H12N.C2H6O4S/c1-2-6-9-7-4-3-5-8-9;1-2-6-7(3,4)5/h3-5,7-8H,2,6H2,1H3;2H2,1H3,(H,3,4,5)/q+1;/p-1. The molecule has 16 heavy (non-hydrogen) atoms. The highest BCUT2D eigenvalue weighted by molar-refractivity contribution is 7.80. The molecule has 6 heteroatoms. The first-order chi connectivity index (χ1) is 7.49. The van der Waals surface area contributed by atoms with Gasteiger partial charge in [-0.3, -0.25) is 4.18 Å². The van der Waals surface area contributed by atoms with E-state index in [0.717, 1.165) is 6.54 Å². The van der Waals surface area contributed by atoms with Crippen molar-refractivity contribution < 1.29 is 21.7 Å². The first-order valence-corrected chi connectivity index (χ1v) is 6.37. The molecule has 0 atom stereocenters. The summed E-state index contributed by atoms with van der Waals surface area (Å²) in [6.07, 6.45) is 5.38. The Bertz CT molecular complexity index is 364. The highest BCUT2D eigenvalue weighted by atomic mass is 32.3. The molecule has 0 saturated heterocycles. The fourth-order valence-electron chi connectivity index (χ4n) is 0.986. The molecular weight excluding hydrogens is 230 g/mol. The summed E-state index contributed by atoms with van der Waals surface area (Å²) in [7, 11) is -4.42. The minimum atomic E-state index is -4.42. The molecule has 1 rings (SSSR count). The molecular formula is C10H17NO4S. The zero-order valence-corrected chi connectivity index (χ0v) is 10.3. The second-order valence-corrected chi connectivity index (χ2v) is 3.98. The van der Waals surface area contributed by atoms with Crippen LogP contribution < -0.4 is 4.57 Å². The topological polar surface area (TPSA) is 70.3 Å². The van der Waals surface area contributed by atoms with Crippen molar-refractivity contribution in [2.24, 2.45) is 0 Å². The van der Waals surface area contributed by atoms with Gasteiger partial charge >= 0.3 is 0 Å². The fraction of sp³-hybridized carbons (Fsp3) is 0.500. The van der Waals surface area contributed by atoms with Gasteiger partial charge in [0, 0.05) is 18.6 Å². The van der Waals surface area contributed by atoms with Gasteiger partial charge in [0.2, 0.25) is 10.4 Å². The smallest absolute Gasteiger partial charge is 0.217 e. The van der Waals surface area contributed by atoms with Crippen LogP contribution in [0.1, 0.15) is 20.3 Å². The van der Waals surface area contributed by atoms with Crippen molar-refractivity contribution >= 4 is 10.4 Å². The van der Waals surface area contributed by atoms with Crippen LogP contribution in [0.3, 0.4) is 0 Å². The summed E-state index contributed by atoms with van der Waals surface area (Å²) < 4.78 is 34.2. The predicted octanol–water partition coefficient (Wildman–Crippen LogP) is 0.867. The van der Waals surface area contributed by atoms with E-state index >= 15 is 0 Å². The Hall–Kier alpha value is -0.980. The fourth-order valence-corrected chi connectivity index (χ4v) is 1.27. The highest BCUT2D eigenvalue weighted by Gasteiger charge is 1.90. The third kappa shape index (κ3) is 9.57. The van der Waals surface area contributed by atoms with Crippen LogP contribution in [0.25, 0.3) is 0 Å². The Morgan fingerprint density at radius 2 is 1.75 bits per heavy atom. The lowest BCUT2D eigenvalue weighted by Gasteiger charge is -2.02. The Morgan fingerprint density at radius 1 is 1.19 bits per heavy atom. The molecule has 0 saturated carbocycles. The van der Waals surface area contributed by atoms with E-state index < -0.39 is 10.4 Å². The van der Waals surface area contributed by atoms with E-state index in [-0.39, 0.29) is 6.61 Å². The van der Waals surface area contributed by atoms with Crippen molar-refractivity contribution in [1.82, 2.24) is 0 Å². The maximum atomic E-state index is 9.45. The number of pyridine rings is 1. The first kappa shape index (κ1) is 15.0. The average Bonchev–Trinajstić information content (AvgIpc) is 2.19. The molecule has 0 unspecified atom stereocenters. The predicted molar refractivity (Wildman–Crippen MR) is 58.3 cm³/mol. The maximum absolute atomic E-state index is 9.45. The summed E-state index contributed by atoms with van der Waals surface area (Å²) in [5.41, 5.74) is 0. The normalized spacial score (nSPS) is 10.4. The van der Waals surface area contributed by atoms with Crippen LogP contribution in [0, 0.1) is 0 Å². The van der Waals surface area contributed by atoms with Crippen molar-refractivity contribution in [3.63, 3.8) is 0 Å². The van der Waals surface area contributed by atoms with E-state index in [1.54, 1.807) is 0 Å². The zero-order valence-electron chi connectivity index (χ0n) is 9.50. The second kappa shape index (κ2) is 8.20. The quantitative estimate of drug-likeness (QED) is 0.449. The number of nitrogens with zero attached hydrogens (tertiary/aromatic N) is 1. The van der Waals surface area contributed by atoms with Crippen LogP contribution in [-0.4, -0.2) is 19.6 Å². The SMILES string of the molecule is CCC[n+]1ccccc1.CCOS(=O)(=O)[O-]. The Morgan fingerprint density at radius 3 is 2.06 bits per heavy atom. The van der Waals surface area contributed by atoms with E-state index in [0.29, 0.717) is 0 Å². The lowest BCUT2D eigenvalue weighted by atomic mass is 10.4. The molecule has 0 aliphatic carbocycles. The van der Waals surface area contributed by atoms with Crippen molar-refractivity contribution in [1.29, 1.82) is 0 Å². The number of rotatable bonds is 4. The second-order valence-electron chi connectivity index (χ2n) is 2.93. The first-order valence-electron chi connectivity index (χ1n) is 5.04. The van der Waals surface area contributed by atoms with Gasteiger partial charge in [0.1, 0.15) is 6.54 Å². The minimum absolute atomic E-state index is 0.0914. The monoisotopic (exact) mass is 247 g/mol. The number of aryl methyl sites for hydroxylation is 1. The van der Waals surface area contributed by atoms with Gasteiger partial charge in [0.05, 0.1) is 6.61 Å². The molecule has 0 amide bonds. The summed E-state index contributed by atoms with van der Waals surface area (Å²) in [6.45, 7) is 4.64. The number of hydrogen-bond donors (Lipinski definition) is 0. The molecule has 0 fully saturated rings. The maximum Gasteiger partial charge on any atom is 0.217 e.